The first-order chi connectivity index (χ1) is 14.6. The first-order valence-electron chi connectivity index (χ1n) is 10.2. The number of fused-ring (bicyclic) bond motifs is 1. The third kappa shape index (κ3) is 4.95. The molecule has 2 aromatic carbocycles. The normalized spacial score (nSPS) is 12.4. The van der Waals surface area contributed by atoms with Crippen molar-refractivity contribution < 1.29 is 13.2 Å². The van der Waals surface area contributed by atoms with Crippen LogP contribution < -0.4 is 4.74 Å². The highest BCUT2D eigenvalue weighted by molar-refractivity contribution is 7.92. The molecule has 0 saturated heterocycles. The Balaban J connectivity index is 1.96. The smallest absolute Gasteiger partial charge is 0.238 e. The van der Waals surface area contributed by atoms with E-state index in [9.17, 15) is 13.7 Å². The molecule has 0 aliphatic carbocycles. The number of unbranched alkanes of at least 4 members (excludes halogenated alkanes) is 4. The maximum absolute atomic E-state index is 13.2. The van der Waals surface area contributed by atoms with E-state index >= 15 is 0 Å². The zero-order valence-corrected chi connectivity index (χ0v) is 17.8. The van der Waals surface area contributed by atoms with E-state index in [-0.39, 0.29) is 16.5 Å². The SMILES string of the molecule is CCCCCCCOc1nc2ccccc2nc1[C@H](C#N)S(=O)(=O)c1ccccc1. The lowest BCUT2D eigenvalue weighted by atomic mass is 10.2. The van der Waals surface area contributed by atoms with Crippen LogP contribution in [0.1, 0.15) is 50.0 Å². The molecular weight excluding hydrogens is 398 g/mol. The number of para-hydroxylation sites is 2. The minimum Gasteiger partial charge on any atom is -0.476 e. The lowest BCUT2D eigenvalue weighted by Gasteiger charge is -2.15. The Morgan fingerprint density at radius 1 is 0.933 bits per heavy atom. The average Bonchev–Trinajstić information content (AvgIpc) is 2.77. The number of sulfone groups is 1. The molecule has 0 fully saturated rings. The Morgan fingerprint density at radius 2 is 1.57 bits per heavy atom. The van der Waals surface area contributed by atoms with Crippen molar-refractivity contribution in [2.45, 2.75) is 49.2 Å². The summed E-state index contributed by atoms with van der Waals surface area (Å²) < 4.78 is 32.2. The predicted molar refractivity (Wildman–Crippen MR) is 116 cm³/mol. The van der Waals surface area contributed by atoms with Crippen LogP contribution in [0.4, 0.5) is 0 Å². The molecule has 0 N–H and O–H groups in total. The van der Waals surface area contributed by atoms with Gasteiger partial charge >= 0.3 is 0 Å². The Kier molecular flexibility index (Phi) is 7.36. The van der Waals surface area contributed by atoms with E-state index in [0.717, 1.165) is 25.7 Å². The predicted octanol–water partition coefficient (Wildman–Crippen LogP) is 5.02. The van der Waals surface area contributed by atoms with E-state index < -0.39 is 15.1 Å². The summed E-state index contributed by atoms with van der Waals surface area (Å²) in [7, 11) is -3.98. The Labute approximate surface area is 177 Å². The molecule has 1 aromatic heterocycles. The second kappa shape index (κ2) is 10.2. The third-order valence-corrected chi connectivity index (χ3v) is 6.68. The molecule has 3 rings (SSSR count). The van der Waals surface area contributed by atoms with Crippen LogP contribution in [0, 0.1) is 11.3 Å². The van der Waals surface area contributed by atoms with E-state index in [0.29, 0.717) is 17.6 Å². The lowest BCUT2D eigenvalue weighted by molar-refractivity contribution is 0.290. The molecule has 0 aliphatic rings. The number of hydrogen-bond acceptors (Lipinski definition) is 6. The maximum Gasteiger partial charge on any atom is 0.238 e. The van der Waals surface area contributed by atoms with Crippen LogP contribution in [0.5, 0.6) is 5.88 Å². The zero-order valence-electron chi connectivity index (χ0n) is 17.0. The average molecular weight is 424 g/mol. The number of nitrogens with zero attached hydrogens (tertiary/aromatic N) is 3. The van der Waals surface area contributed by atoms with Crippen molar-refractivity contribution in [3.63, 3.8) is 0 Å². The summed E-state index contributed by atoms with van der Waals surface area (Å²) in [6.07, 6.45) is 5.30. The van der Waals surface area contributed by atoms with Crippen molar-refractivity contribution in [3.8, 4) is 11.9 Å². The summed E-state index contributed by atoms with van der Waals surface area (Å²) in [5.74, 6) is 0.107. The monoisotopic (exact) mass is 423 g/mol. The third-order valence-electron chi connectivity index (χ3n) is 4.80. The van der Waals surface area contributed by atoms with Crippen LogP contribution >= 0.6 is 0 Å². The van der Waals surface area contributed by atoms with Crippen molar-refractivity contribution >= 4 is 20.9 Å². The van der Waals surface area contributed by atoms with E-state index in [1.165, 1.54) is 18.6 Å². The summed E-state index contributed by atoms with van der Waals surface area (Å²) >= 11 is 0. The molecular formula is C23H25N3O3S. The number of ether oxygens (including phenoxy) is 1. The minimum absolute atomic E-state index is 0.0358. The Hall–Kier alpha value is -2.98. The highest BCUT2D eigenvalue weighted by atomic mass is 32.2. The fourth-order valence-corrected chi connectivity index (χ4v) is 4.57. The molecule has 1 heterocycles. The molecule has 156 valence electrons. The molecule has 0 spiro atoms. The van der Waals surface area contributed by atoms with Gasteiger partial charge in [-0.1, -0.05) is 62.9 Å². The molecule has 6 nitrogen and oxygen atoms in total. The van der Waals surface area contributed by atoms with Crippen molar-refractivity contribution in [2.24, 2.45) is 0 Å². The van der Waals surface area contributed by atoms with Gasteiger partial charge in [0.15, 0.2) is 5.25 Å². The highest BCUT2D eigenvalue weighted by Crippen LogP contribution is 2.33. The molecule has 3 aromatic rings. The number of benzene rings is 2. The van der Waals surface area contributed by atoms with Crippen molar-refractivity contribution in [1.29, 1.82) is 5.26 Å². The van der Waals surface area contributed by atoms with Gasteiger partial charge in [-0.05, 0) is 30.7 Å². The second-order valence-corrected chi connectivity index (χ2v) is 9.07. The first-order valence-corrected chi connectivity index (χ1v) is 11.7. The number of hydrogen-bond donors (Lipinski definition) is 0. The summed E-state index contributed by atoms with van der Waals surface area (Å²) in [5, 5.41) is 8.28. The van der Waals surface area contributed by atoms with Crippen molar-refractivity contribution in [3.05, 3.63) is 60.3 Å². The fourth-order valence-electron chi connectivity index (χ4n) is 3.17. The molecule has 0 radical (unpaired) electrons. The molecule has 0 bridgehead atoms. The van der Waals surface area contributed by atoms with Crippen molar-refractivity contribution in [2.75, 3.05) is 6.61 Å². The van der Waals surface area contributed by atoms with Gasteiger partial charge in [-0.15, -0.1) is 0 Å². The minimum atomic E-state index is -3.98. The van der Waals surface area contributed by atoms with Crippen LogP contribution in [-0.4, -0.2) is 25.0 Å². The number of aromatic nitrogens is 2. The molecule has 0 saturated carbocycles. The summed E-state index contributed by atoms with van der Waals surface area (Å²) in [5.41, 5.74) is 1.15. The van der Waals surface area contributed by atoms with Crippen LogP contribution in [0.15, 0.2) is 59.5 Å². The van der Waals surface area contributed by atoms with Gasteiger partial charge in [0.1, 0.15) is 5.69 Å². The van der Waals surface area contributed by atoms with Gasteiger partial charge in [0.05, 0.1) is 28.6 Å². The van der Waals surface area contributed by atoms with Gasteiger partial charge < -0.3 is 4.74 Å². The topological polar surface area (TPSA) is 92.9 Å². The van der Waals surface area contributed by atoms with E-state index in [2.05, 4.69) is 16.9 Å². The van der Waals surface area contributed by atoms with E-state index in [4.69, 9.17) is 4.74 Å². The van der Waals surface area contributed by atoms with Crippen LogP contribution in [-0.2, 0) is 9.84 Å². The second-order valence-electron chi connectivity index (χ2n) is 7.03. The Morgan fingerprint density at radius 3 is 2.23 bits per heavy atom. The lowest BCUT2D eigenvalue weighted by Crippen LogP contribution is -2.16. The largest absolute Gasteiger partial charge is 0.476 e. The van der Waals surface area contributed by atoms with Crippen molar-refractivity contribution in [1.82, 2.24) is 9.97 Å². The van der Waals surface area contributed by atoms with Gasteiger partial charge in [-0.2, -0.15) is 5.26 Å². The summed E-state index contributed by atoms with van der Waals surface area (Å²) in [6, 6.07) is 17.0. The molecule has 7 heteroatoms. The highest BCUT2D eigenvalue weighted by Gasteiger charge is 2.34. The standard InChI is InChI=1S/C23H25N3O3S/c1-2-3-4-5-11-16-29-23-22(25-19-14-9-10-15-20(19)26-23)21(17-24)30(27,28)18-12-7-6-8-13-18/h6-10,12-15,21H,2-5,11,16H2,1H3/t21-/m0/s1. The number of nitriles is 1. The van der Waals surface area contributed by atoms with Crippen LogP contribution in [0.3, 0.4) is 0 Å². The fraction of sp³-hybridized carbons (Fsp3) is 0.348. The van der Waals surface area contributed by atoms with Crippen LogP contribution in [0.25, 0.3) is 11.0 Å². The van der Waals surface area contributed by atoms with Gasteiger partial charge in [-0.3, -0.25) is 0 Å². The van der Waals surface area contributed by atoms with Gasteiger partial charge in [0.25, 0.3) is 0 Å². The maximum atomic E-state index is 13.2. The van der Waals surface area contributed by atoms with Gasteiger partial charge in [0, 0.05) is 0 Å². The van der Waals surface area contributed by atoms with Gasteiger partial charge in [-0.25, -0.2) is 18.4 Å². The molecule has 30 heavy (non-hydrogen) atoms. The van der Waals surface area contributed by atoms with Crippen LogP contribution in [0.2, 0.25) is 0 Å². The van der Waals surface area contributed by atoms with E-state index in [1.807, 2.05) is 12.1 Å². The Bertz CT molecular complexity index is 1130. The molecule has 0 unspecified atom stereocenters. The molecule has 1 atom stereocenters. The van der Waals surface area contributed by atoms with E-state index in [1.54, 1.807) is 36.4 Å². The summed E-state index contributed by atoms with van der Waals surface area (Å²) in [4.78, 5) is 9.03. The zero-order chi connectivity index (χ0) is 21.4. The molecule has 0 amide bonds. The van der Waals surface area contributed by atoms with Gasteiger partial charge in [0.2, 0.25) is 15.7 Å². The first kappa shape index (κ1) is 21.7. The quantitative estimate of drug-likeness (QED) is 0.425. The summed E-state index contributed by atoms with van der Waals surface area (Å²) in [6.45, 7) is 2.55. The number of rotatable bonds is 10. The molecule has 0 aliphatic heterocycles.